The van der Waals surface area contributed by atoms with Crippen molar-refractivity contribution in [3.05, 3.63) is 0 Å². The van der Waals surface area contributed by atoms with E-state index in [1.165, 1.54) is 0 Å². The monoisotopic (exact) mass is 264 g/mol. The van der Waals surface area contributed by atoms with Crippen molar-refractivity contribution < 1.29 is 13.8 Å². The summed E-state index contributed by atoms with van der Waals surface area (Å²) in [6.45, 7) is 7.91. The summed E-state index contributed by atoms with van der Waals surface area (Å²) in [5.41, 5.74) is 0. The van der Waals surface area contributed by atoms with Gasteiger partial charge in [0.25, 0.3) is 0 Å². The van der Waals surface area contributed by atoms with Crippen LogP contribution in [0.3, 0.4) is 0 Å². The highest BCUT2D eigenvalue weighted by Crippen LogP contribution is 2.01. The molecule has 0 aromatic carbocycles. The molecule has 5 nitrogen and oxygen atoms in total. The highest BCUT2D eigenvalue weighted by atomic mass is 32.1. The third-order valence-electron chi connectivity index (χ3n) is 2.01. The second-order valence-corrected chi connectivity index (χ2v) is 3.82. The van der Waals surface area contributed by atoms with Crippen molar-refractivity contribution in [3.63, 3.8) is 0 Å². The van der Waals surface area contributed by atoms with E-state index in [-0.39, 0.29) is 24.5 Å². The molecule has 0 heterocycles. The van der Waals surface area contributed by atoms with E-state index in [2.05, 4.69) is 27.7 Å². The fourth-order valence-electron chi connectivity index (χ4n) is 1.23. The van der Waals surface area contributed by atoms with Gasteiger partial charge in [-0.05, 0) is 25.9 Å². The summed E-state index contributed by atoms with van der Waals surface area (Å²) in [4.78, 5) is 22.2. The third-order valence-corrected chi connectivity index (χ3v) is 2.16. The standard InChI is InChI=1S/C9H18N2O3S.C2H6/c1-6(2)8(10-3)9(13)11-7(4-12)5-14-15;1-2/h4,6-8,10,15H,5H2,1-3H3,(H,11,13);1-2H3. The molecule has 2 unspecified atom stereocenters. The Morgan fingerprint density at radius 2 is 1.94 bits per heavy atom. The normalized spacial score (nSPS) is 13.4. The molecule has 1 amide bonds. The molecule has 0 saturated heterocycles. The van der Waals surface area contributed by atoms with Crippen LogP contribution in [0.25, 0.3) is 0 Å². The van der Waals surface area contributed by atoms with E-state index in [4.69, 9.17) is 0 Å². The Kier molecular flexibility index (Phi) is 13.1. The lowest BCUT2D eigenvalue weighted by Crippen LogP contribution is -2.50. The van der Waals surface area contributed by atoms with Crippen LogP contribution in [0.2, 0.25) is 0 Å². The van der Waals surface area contributed by atoms with E-state index in [1.807, 2.05) is 27.7 Å². The van der Waals surface area contributed by atoms with Crippen molar-refractivity contribution in [2.45, 2.75) is 39.8 Å². The van der Waals surface area contributed by atoms with Crippen LogP contribution in [0.1, 0.15) is 27.7 Å². The molecule has 102 valence electrons. The van der Waals surface area contributed by atoms with Crippen LogP contribution < -0.4 is 10.6 Å². The van der Waals surface area contributed by atoms with Crippen LogP contribution in [0.4, 0.5) is 0 Å². The van der Waals surface area contributed by atoms with Gasteiger partial charge in [-0.25, -0.2) is 0 Å². The van der Waals surface area contributed by atoms with Crippen molar-refractivity contribution in [1.82, 2.24) is 10.6 Å². The molecule has 2 atom stereocenters. The Balaban J connectivity index is 0. The van der Waals surface area contributed by atoms with Crippen LogP contribution in [0, 0.1) is 5.92 Å². The Hall–Kier alpha value is -0.590. The molecule has 0 aromatic heterocycles. The van der Waals surface area contributed by atoms with Crippen molar-refractivity contribution in [2.24, 2.45) is 5.92 Å². The highest BCUT2D eigenvalue weighted by Gasteiger charge is 2.22. The average molecular weight is 264 g/mol. The molecule has 0 aliphatic rings. The predicted molar refractivity (Wildman–Crippen MR) is 72.0 cm³/mol. The van der Waals surface area contributed by atoms with Crippen LogP contribution in [-0.2, 0) is 13.8 Å². The smallest absolute Gasteiger partial charge is 0.238 e. The second kappa shape index (κ2) is 11.9. The van der Waals surface area contributed by atoms with Gasteiger partial charge in [-0.3, -0.25) is 4.79 Å². The molecular formula is C11H24N2O3S. The van der Waals surface area contributed by atoms with Crippen LogP contribution in [-0.4, -0.2) is 37.9 Å². The van der Waals surface area contributed by atoms with E-state index in [0.717, 1.165) is 0 Å². The van der Waals surface area contributed by atoms with Crippen molar-refractivity contribution in [2.75, 3.05) is 13.7 Å². The largest absolute Gasteiger partial charge is 0.343 e. The first-order chi connectivity index (χ1) is 8.06. The predicted octanol–water partition coefficient (Wildman–Crippen LogP) is 0.802. The minimum atomic E-state index is -0.649. The molecule has 0 saturated carbocycles. The number of aldehydes is 1. The first kappa shape index (κ1) is 18.8. The Morgan fingerprint density at radius 3 is 2.24 bits per heavy atom. The van der Waals surface area contributed by atoms with Crippen molar-refractivity contribution in [1.29, 1.82) is 0 Å². The third kappa shape index (κ3) is 8.18. The van der Waals surface area contributed by atoms with Gasteiger partial charge in [-0.2, -0.15) is 0 Å². The van der Waals surface area contributed by atoms with Crippen LogP contribution in [0.15, 0.2) is 0 Å². The van der Waals surface area contributed by atoms with Crippen molar-refractivity contribution >= 4 is 25.1 Å². The summed E-state index contributed by atoms with van der Waals surface area (Å²) in [7, 11) is 1.70. The van der Waals surface area contributed by atoms with Gasteiger partial charge >= 0.3 is 0 Å². The minimum Gasteiger partial charge on any atom is -0.343 e. The fraction of sp³-hybridized carbons (Fsp3) is 0.818. The summed E-state index contributed by atoms with van der Waals surface area (Å²) in [5, 5.41) is 5.44. The molecule has 0 bridgehead atoms. The summed E-state index contributed by atoms with van der Waals surface area (Å²) in [6, 6.07) is -0.961. The zero-order valence-electron chi connectivity index (χ0n) is 11.2. The molecule has 2 N–H and O–H groups in total. The van der Waals surface area contributed by atoms with Gasteiger partial charge in [0.2, 0.25) is 5.91 Å². The summed E-state index contributed by atoms with van der Waals surface area (Å²) < 4.78 is 4.50. The van der Waals surface area contributed by atoms with Gasteiger partial charge in [0, 0.05) is 0 Å². The minimum absolute atomic E-state index is 0.0624. The van der Waals surface area contributed by atoms with Crippen LogP contribution in [0.5, 0.6) is 0 Å². The second-order valence-electron chi connectivity index (χ2n) is 3.56. The van der Waals surface area contributed by atoms with Gasteiger partial charge in [0.15, 0.2) is 0 Å². The number of hydrogen-bond donors (Lipinski definition) is 3. The SMILES string of the molecule is CC.CNC(C(=O)NC(C=O)COS)C(C)C. The molecule has 6 heteroatoms. The number of thiol groups is 1. The average Bonchev–Trinajstić information content (AvgIpc) is 2.31. The van der Waals surface area contributed by atoms with Crippen LogP contribution >= 0.6 is 12.9 Å². The number of carbonyl (C=O) groups is 2. The van der Waals surface area contributed by atoms with Gasteiger partial charge in [-0.15, -0.1) is 0 Å². The molecule has 0 radical (unpaired) electrons. The zero-order valence-corrected chi connectivity index (χ0v) is 12.1. The lowest BCUT2D eigenvalue weighted by Gasteiger charge is -2.21. The lowest BCUT2D eigenvalue weighted by molar-refractivity contribution is -0.126. The van der Waals surface area contributed by atoms with Crippen molar-refractivity contribution in [3.8, 4) is 0 Å². The number of carbonyl (C=O) groups excluding carboxylic acids is 2. The maximum atomic E-state index is 11.6. The van der Waals surface area contributed by atoms with E-state index in [9.17, 15) is 9.59 Å². The maximum Gasteiger partial charge on any atom is 0.238 e. The summed E-state index contributed by atoms with van der Waals surface area (Å²) in [6.07, 6.45) is 0.626. The van der Waals surface area contributed by atoms with E-state index in [0.29, 0.717) is 6.29 Å². The quantitative estimate of drug-likeness (QED) is 0.361. The molecule has 0 aliphatic heterocycles. The zero-order chi connectivity index (χ0) is 13.8. The summed E-state index contributed by atoms with van der Waals surface area (Å²) in [5.74, 6) is -0.0609. The number of amides is 1. The Bertz CT molecular complexity index is 213. The van der Waals surface area contributed by atoms with Gasteiger partial charge in [0.1, 0.15) is 12.3 Å². The Labute approximate surface area is 109 Å². The number of nitrogens with one attached hydrogen (secondary N) is 2. The summed E-state index contributed by atoms with van der Waals surface area (Å²) >= 11 is 3.53. The van der Waals surface area contributed by atoms with Gasteiger partial charge < -0.3 is 19.6 Å². The molecule has 0 rings (SSSR count). The van der Waals surface area contributed by atoms with Gasteiger partial charge in [-0.1, -0.05) is 27.7 Å². The topological polar surface area (TPSA) is 67.4 Å². The fourth-order valence-corrected chi connectivity index (χ4v) is 1.40. The Morgan fingerprint density at radius 1 is 1.41 bits per heavy atom. The maximum absolute atomic E-state index is 11.6. The van der Waals surface area contributed by atoms with E-state index >= 15 is 0 Å². The van der Waals surface area contributed by atoms with E-state index < -0.39 is 6.04 Å². The molecular weight excluding hydrogens is 240 g/mol. The first-order valence-corrected chi connectivity index (χ1v) is 6.12. The number of rotatable bonds is 7. The number of likely N-dealkylation sites (N-methyl/N-ethyl adjacent to an activating group) is 1. The highest BCUT2D eigenvalue weighted by molar-refractivity contribution is 7.75. The molecule has 0 fully saturated rings. The molecule has 0 aliphatic carbocycles. The molecule has 17 heavy (non-hydrogen) atoms. The van der Waals surface area contributed by atoms with Gasteiger partial charge in [0.05, 0.1) is 12.6 Å². The van der Waals surface area contributed by atoms with E-state index in [1.54, 1.807) is 7.05 Å². The number of hydrogen-bond acceptors (Lipinski definition) is 5. The molecule has 0 spiro atoms. The lowest BCUT2D eigenvalue weighted by atomic mass is 10.0. The molecule has 0 aromatic rings. The first-order valence-electron chi connectivity index (χ1n) is 5.76.